The Bertz CT molecular complexity index is 873. The predicted molar refractivity (Wildman–Crippen MR) is 93.6 cm³/mol. The van der Waals surface area contributed by atoms with Crippen molar-refractivity contribution >= 4 is 40.4 Å². The molecular formula is C17H15Cl2N3O. The lowest BCUT2D eigenvalue weighted by Gasteiger charge is -2.09. The van der Waals surface area contributed by atoms with Crippen LogP contribution in [-0.2, 0) is 6.42 Å². The molecule has 0 saturated carbocycles. The number of carbonyl (C=O) groups is 1. The number of hydrogen-bond acceptors (Lipinski definition) is 2. The lowest BCUT2D eigenvalue weighted by atomic mass is 10.2. The van der Waals surface area contributed by atoms with Crippen molar-refractivity contribution in [2.24, 2.45) is 0 Å². The summed E-state index contributed by atoms with van der Waals surface area (Å²) in [6, 6.07) is 10.8. The third kappa shape index (κ3) is 3.05. The highest BCUT2D eigenvalue weighted by molar-refractivity contribution is 6.44. The van der Waals surface area contributed by atoms with E-state index < -0.39 is 0 Å². The van der Waals surface area contributed by atoms with Gasteiger partial charge in [0.1, 0.15) is 11.3 Å². The van der Waals surface area contributed by atoms with E-state index in [0.717, 1.165) is 24.2 Å². The lowest BCUT2D eigenvalue weighted by molar-refractivity contribution is 0.102. The average Bonchev–Trinajstić information content (AvgIpc) is 2.90. The molecule has 1 N–H and O–H groups in total. The third-order valence-corrected chi connectivity index (χ3v) is 4.32. The summed E-state index contributed by atoms with van der Waals surface area (Å²) in [6.45, 7) is 2.06. The number of amides is 1. The molecule has 2 aromatic heterocycles. The molecule has 0 aliphatic heterocycles. The molecule has 1 amide bonds. The molecule has 0 atom stereocenters. The number of imidazole rings is 1. The van der Waals surface area contributed by atoms with E-state index in [-0.39, 0.29) is 5.91 Å². The van der Waals surface area contributed by atoms with Crippen molar-refractivity contribution in [2.75, 3.05) is 5.32 Å². The SMILES string of the molecule is CCCc1nc2ccccn2c1C(=O)Nc1cccc(Cl)c1Cl. The second-order valence-electron chi connectivity index (χ2n) is 5.14. The first-order chi connectivity index (χ1) is 11.1. The number of nitrogens with zero attached hydrogens (tertiary/aromatic N) is 2. The average molecular weight is 348 g/mol. The van der Waals surface area contributed by atoms with E-state index in [4.69, 9.17) is 23.2 Å². The number of rotatable bonds is 4. The van der Waals surface area contributed by atoms with Gasteiger partial charge in [-0.3, -0.25) is 9.20 Å². The van der Waals surface area contributed by atoms with Gasteiger partial charge in [0, 0.05) is 6.20 Å². The standard InChI is InChI=1S/C17H15Cl2N3O/c1-2-6-13-16(22-10-4-3-9-14(22)20-13)17(23)21-12-8-5-7-11(18)15(12)19/h3-5,7-10H,2,6H2,1H3,(H,21,23). The van der Waals surface area contributed by atoms with Crippen LogP contribution in [0, 0.1) is 0 Å². The summed E-state index contributed by atoms with van der Waals surface area (Å²) >= 11 is 12.1. The topological polar surface area (TPSA) is 46.4 Å². The molecule has 0 saturated heterocycles. The Hall–Kier alpha value is -2.04. The molecule has 0 fully saturated rings. The fourth-order valence-corrected chi connectivity index (χ4v) is 2.83. The number of nitrogens with one attached hydrogen (secondary N) is 1. The number of aromatic nitrogens is 2. The van der Waals surface area contributed by atoms with E-state index in [0.29, 0.717) is 21.4 Å². The molecule has 0 spiro atoms. The summed E-state index contributed by atoms with van der Waals surface area (Å²) in [5, 5.41) is 3.55. The van der Waals surface area contributed by atoms with E-state index in [1.54, 1.807) is 22.6 Å². The molecular weight excluding hydrogens is 333 g/mol. The van der Waals surface area contributed by atoms with Crippen LogP contribution in [0.25, 0.3) is 5.65 Å². The third-order valence-electron chi connectivity index (χ3n) is 3.50. The van der Waals surface area contributed by atoms with Gasteiger partial charge in [0.15, 0.2) is 0 Å². The Morgan fingerprint density at radius 2 is 2.04 bits per heavy atom. The lowest BCUT2D eigenvalue weighted by Crippen LogP contribution is -2.16. The Balaban J connectivity index is 2.03. The van der Waals surface area contributed by atoms with Crippen molar-refractivity contribution < 1.29 is 4.79 Å². The zero-order valence-electron chi connectivity index (χ0n) is 12.5. The van der Waals surface area contributed by atoms with Crippen LogP contribution in [0.2, 0.25) is 10.0 Å². The van der Waals surface area contributed by atoms with Gasteiger partial charge in [0.2, 0.25) is 0 Å². The quantitative estimate of drug-likeness (QED) is 0.733. The van der Waals surface area contributed by atoms with Crippen molar-refractivity contribution in [1.29, 1.82) is 0 Å². The zero-order valence-corrected chi connectivity index (χ0v) is 14.0. The summed E-state index contributed by atoms with van der Waals surface area (Å²) in [5.74, 6) is -0.253. The summed E-state index contributed by atoms with van der Waals surface area (Å²) in [6.07, 6.45) is 3.46. The maximum Gasteiger partial charge on any atom is 0.274 e. The molecule has 4 nitrogen and oxygen atoms in total. The van der Waals surface area contributed by atoms with Crippen LogP contribution < -0.4 is 5.32 Å². The highest BCUT2D eigenvalue weighted by Gasteiger charge is 2.19. The molecule has 0 unspecified atom stereocenters. The molecule has 3 aromatic rings. The minimum atomic E-state index is -0.253. The molecule has 23 heavy (non-hydrogen) atoms. The minimum absolute atomic E-state index is 0.253. The summed E-state index contributed by atoms with van der Waals surface area (Å²) in [5.41, 5.74) is 2.53. The van der Waals surface area contributed by atoms with E-state index in [1.807, 2.05) is 24.4 Å². The van der Waals surface area contributed by atoms with Crippen LogP contribution in [0.5, 0.6) is 0 Å². The number of fused-ring (bicyclic) bond motifs is 1. The Kier molecular flexibility index (Phi) is 4.55. The highest BCUT2D eigenvalue weighted by atomic mass is 35.5. The number of hydrogen-bond donors (Lipinski definition) is 1. The molecule has 1 aromatic carbocycles. The second kappa shape index (κ2) is 6.60. The van der Waals surface area contributed by atoms with Crippen LogP contribution in [0.1, 0.15) is 29.5 Å². The molecule has 0 aliphatic carbocycles. The summed E-state index contributed by atoms with van der Waals surface area (Å²) in [7, 11) is 0. The molecule has 0 bridgehead atoms. The van der Waals surface area contributed by atoms with Gasteiger partial charge in [-0.1, -0.05) is 48.7 Å². The normalized spacial score (nSPS) is 10.9. The summed E-state index contributed by atoms with van der Waals surface area (Å²) < 4.78 is 1.79. The first kappa shape index (κ1) is 15.8. The molecule has 6 heteroatoms. The van der Waals surface area contributed by atoms with Crippen molar-refractivity contribution in [3.63, 3.8) is 0 Å². The predicted octanol–water partition coefficient (Wildman–Crippen LogP) is 4.85. The van der Waals surface area contributed by atoms with E-state index in [2.05, 4.69) is 17.2 Å². The van der Waals surface area contributed by atoms with Crippen molar-refractivity contribution in [1.82, 2.24) is 9.38 Å². The number of pyridine rings is 1. The fourth-order valence-electron chi connectivity index (χ4n) is 2.48. The maximum absolute atomic E-state index is 12.8. The fraction of sp³-hybridized carbons (Fsp3) is 0.176. The van der Waals surface area contributed by atoms with Gasteiger partial charge >= 0.3 is 0 Å². The van der Waals surface area contributed by atoms with Gasteiger partial charge in [-0.05, 0) is 30.7 Å². The number of carbonyl (C=O) groups excluding carboxylic acids is 1. The number of benzene rings is 1. The maximum atomic E-state index is 12.8. The van der Waals surface area contributed by atoms with Crippen LogP contribution >= 0.6 is 23.2 Å². The van der Waals surface area contributed by atoms with Gasteiger partial charge in [-0.2, -0.15) is 0 Å². The van der Waals surface area contributed by atoms with Crippen LogP contribution in [0.3, 0.4) is 0 Å². The second-order valence-corrected chi connectivity index (χ2v) is 5.93. The van der Waals surface area contributed by atoms with Gasteiger partial charge in [-0.25, -0.2) is 4.98 Å². The van der Waals surface area contributed by atoms with Crippen molar-refractivity contribution in [3.8, 4) is 0 Å². The smallest absolute Gasteiger partial charge is 0.274 e. The zero-order chi connectivity index (χ0) is 16.4. The van der Waals surface area contributed by atoms with E-state index in [9.17, 15) is 4.79 Å². The molecule has 0 aliphatic rings. The van der Waals surface area contributed by atoms with E-state index >= 15 is 0 Å². The Morgan fingerprint density at radius 1 is 1.22 bits per heavy atom. The first-order valence-corrected chi connectivity index (χ1v) is 8.08. The van der Waals surface area contributed by atoms with Crippen molar-refractivity contribution in [3.05, 3.63) is 64.0 Å². The highest BCUT2D eigenvalue weighted by Crippen LogP contribution is 2.30. The molecule has 0 radical (unpaired) electrons. The largest absolute Gasteiger partial charge is 0.319 e. The van der Waals surface area contributed by atoms with Crippen LogP contribution in [-0.4, -0.2) is 15.3 Å². The molecule has 118 valence electrons. The minimum Gasteiger partial charge on any atom is -0.319 e. The molecule has 2 heterocycles. The number of halogens is 2. The van der Waals surface area contributed by atoms with Crippen LogP contribution in [0.15, 0.2) is 42.6 Å². The van der Waals surface area contributed by atoms with Crippen LogP contribution in [0.4, 0.5) is 5.69 Å². The first-order valence-electron chi connectivity index (χ1n) is 7.33. The van der Waals surface area contributed by atoms with Crippen molar-refractivity contribution in [2.45, 2.75) is 19.8 Å². The summed E-state index contributed by atoms with van der Waals surface area (Å²) in [4.78, 5) is 17.3. The van der Waals surface area contributed by atoms with Gasteiger partial charge in [-0.15, -0.1) is 0 Å². The van der Waals surface area contributed by atoms with E-state index in [1.165, 1.54) is 0 Å². The molecule has 3 rings (SSSR count). The number of aryl methyl sites for hydroxylation is 1. The van der Waals surface area contributed by atoms with Gasteiger partial charge in [0.25, 0.3) is 5.91 Å². The monoisotopic (exact) mass is 347 g/mol. The Labute approximate surface area is 144 Å². The number of anilines is 1. The van der Waals surface area contributed by atoms with Gasteiger partial charge in [0.05, 0.1) is 21.4 Å². The Morgan fingerprint density at radius 3 is 2.83 bits per heavy atom. The van der Waals surface area contributed by atoms with Gasteiger partial charge < -0.3 is 5.32 Å².